The van der Waals surface area contributed by atoms with Crippen molar-refractivity contribution < 1.29 is 4.79 Å². The summed E-state index contributed by atoms with van der Waals surface area (Å²) >= 11 is 0. The van der Waals surface area contributed by atoms with E-state index in [9.17, 15) is 4.79 Å². The first-order valence-corrected chi connectivity index (χ1v) is 7.42. The number of primary amides is 1. The maximum atomic E-state index is 11.2. The Hall–Kier alpha value is -1.39. The molecule has 0 saturated carbocycles. The predicted octanol–water partition coefficient (Wildman–Crippen LogP) is 1.75. The molecule has 4 nitrogen and oxygen atoms in total. The van der Waals surface area contributed by atoms with Crippen molar-refractivity contribution in [3.05, 3.63) is 35.4 Å². The van der Waals surface area contributed by atoms with E-state index in [4.69, 9.17) is 5.73 Å². The summed E-state index contributed by atoms with van der Waals surface area (Å²) in [6.45, 7) is 7.63. The van der Waals surface area contributed by atoms with Gasteiger partial charge in [-0.05, 0) is 57.5 Å². The molecule has 1 heterocycles. The molecular formula is C16H25N3O. The van der Waals surface area contributed by atoms with E-state index in [1.54, 1.807) is 6.07 Å². The smallest absolute Gasteiger partial charge is 0.248 e. The summed E-state index contributed by atoms with van der Waals surface area (Å²) in [7, 11) is 0. The van der Waals surface area contributed by atoms with Crippen molar-refractivity contribution in [3.63, 3.8) is 0 Å². The Morgan fingerprint density at radius 2 is 2.10 bits per heavy atom. The Balaban J connectivity index is 1.81. The van der Waals surface area contributed by atoms with E-state index in [2.05, 4.69) is 24.1 Å². The molecule has 1 aromatic carbocycles. The van der Waals surface area contributed by atoms with Gasteiger partial charge in [0.15, 0.2) is 0 Å². The molecule has 0 unspecified atom stereocenters. The van der Waals surface area contributed by atoms with Gasteiger partial charge in [0.2, 0.25) is 5.91 Å². The Labute approximate surface area is 121 Å². The van der Waals surface area contributed by atoms with Crippen molar-refractivity contribution in [1.82, 2.24) is 10.2 Å². The number of hydrogen-bond acceptors (Lipinski definition) is 3. The Morgan fingerprint density at radius 1 is 1.40 bits per heavy atom. The molecule has 2 rings (SSSR count). The van der Waals surface area contributed by atoms with Gasteiger partial charge < -0.3 is 16.0 Å². The molecule has 1 saturated heterocycles. The van der Waals surface area contributed by atoms with Crippen LogP contribution in [0.3, 0.4) is 0 Å². The molecule has 0 atom stereocenters. The first-order valence-electron chi connectivity index (χ1n) is 7.42. The molecule has 1 aliphatic heterocycles. The minimum Gasteiger partial charge on any atom is -0.366 e. The fourth-order valence-electron chi connectivity index (χ4n) is 2.72. The highest BCUT2D eigenvalue weighted by Gasteiger charge is 2.20. The molecule has 110 valence electrons. The molecule has 1 aliphatic rings. The van der Waals surface area contributed by atoms with Gasteiger partial charge in [-0.25, -0.2) is 0 Å². The van der Waals surface area contributed by atoms with Gasteiger partial charge in [-0.1, -0.05) is 12.1 Å². The third-order valence-corrected chi connectivity index (χ3v) is 4.07. The van der Waals surface area contributed by atoms with E-state index in [-0.39, 0.29) is 5.91 Å². The second kappa shape index (κ2) is 6.86. The van der Waals surface area contributed by atoms with Crippen LogP contribution in [0.2, 0.25) is 0 Å². The van der Waals surface area contributed by atoms with Crippen molar-refractivity contribution in [2.75, 3.05) is 13.1 Å². The summed E-state index contributed by atoms with van der Waals surface area (Å²) in [5, 5.41) is 3.58. The zero-order valence-electron chi connectivity index (χ0n) is 12.4. The second-order valence-electron chi connectivity index (χ2n) is 5.85. The van der Waals surface area contributed by atoms with E-state index in [1.165, 1.54) is 12.8 Å². The Kier molecular flexibility index (Phi) is 5.15. The zero-order valence-corrected chi connectivity index (χ0v) is 12.4. The van der Waals surface area contributed by atoms with Gasteiger partial charge in [0, 0.05) is 24.2 Å². The quantitative estimate of drug-likeness (QED) is 0.860. The third kappa shape index (κ3) is 4.05. The molecule has 1 amide bonds. The molecule has 3 N–H and O–H groups in total. The number of likely N-dealkylation sites (tertiary alicyclic amines) is 1. The lowest BCUT2D eigenvalue weighted by atomic mass is 10.0. The monoisotopic (exact) mass is 275 g/mol. The maximum absolute atomic E-state index is 11.2. The van der Waals surface area contributed by atoms with Crippen LogP contribution < -0.4 is 11.1 Å². The number of nitrogens with two attached hydrogens (primary N) is 1. The van der Waals surface area contributed by atoms with Crippen molar-refractivity contribution >= 4 is 5.91 Å². The summed E-state index contributed by atoms with van der Waals surface area (Å²) < 4.78 is 0. The van der Waals surface area contributed by atoms with Crippen LogP contribution in [0.5, 0.6) is 0 Å². The summed E-state index contributed by atoms with van der Waals surface area (Å²) in [5.41, 5.74) is 7.00. The largest absolute Gasteiger partial charge is 0.366 e. The van der Waals surface area contributed by atoms with Gasteiger partial charge in [0.1, 0.15) is 0 Å². The molecule has 0 bridgehead atoms. The van der Waals surface area contributed by atoms with Crippen LogP contribution >= 0.6 is 0 Å². The summed E-state index contributed by atoms with van der Waals surface area (Å²) in [4.78, 5) is 13.7. The van der Waals surface area contributed by atoms with E-state index >= 15 is 0 Å². The molecule has 0 spiro atoms. The fourth-order valence-corrected chi connectivity index (χ4v) is 2.72. The summed E-state index contributed by atoms with van der Waals surface area (Å²) in [6.07, 6.45) is 2.38. The SMILES string of the molecule is CC(C)N1CCC(NCc2cccc(C(N)=O)c2)CC1. The van der Waals surface area contributed by atoms with Gasteiger partial charge in [0.05, 0.1) is 0 Å². The molecule has 0 aromatic heterocycles. The topological polar surface area (TPSA) is 58.4 Å². The first-order chi connectivity index (χ1) is 9.56. The average molecular weight is 275 g/mol. The number of benzene rings is 1. The predicted molar refractivity (Wildman–Crippen MR) is 81.5 cm³/mol. The number of nitrogens with one attached hydrogen (secondary N) is 1. The van der Waals surface area contributed by atoms with Crippen molar-refractivity contribution in [1.29, 1.82) is 0 Å². The summed E-state index contributed by atoms with van der Waals surface area (Å²) in [6, 6.07) is 8.76. The van der Waals surface area contributed by atoms with Gasteiger partial charge in [-0.15, -0.1) is 0 Å². The molecule has 0 radical (unpaired) electrons. The normalized spacial score (nSPS) is 17.6. The minimum absolute atomic E-state index is 0.364. The zero-order chi connectivity index (χ0) is 14.5. The standard InChI is InChI=1S/C16H25N3O/c1-12(2)19-8-6-15(7-9-19)18-11-13-4-3-5-14(10-13)16(17)20/h3-5,10,12,15,18H,6-9,11H2,1-2H3,(H2,17,20). The molecule has 0 aliphatic carbocycles. The molecule has 1 aromatic rings. The van der Waals surface area contributed by atoms with Gasteiger partial charge >= 0.3 is 0 Å². The Bertz CT molecular complexity index is 451. The highest BCUT2D eigenvalue weighted by Crippen LogP contribution is 2.14. The lowest BCUT2D eigenvalue weighted by molar-refractivity contribution is 0.1000. The number of carbonyl (C=O) groups is 1. The first kappa shape index (κ1) is 15.0. The average Bonchev–Trinajstić information content (AvgIpc) is 2.46. The van der Waals surface area contributed by atoms with Crippen LogP contribution in [0.1, 0.15) is 42.6 Å². The molecule has 1 fully saturated rings. The fraction of sp³-hybridized carbons (Fsp3) is 0.562. The van der Waals surface area contributed by atoms with Crippen molar-refractivity contribution in [2.45, 2.75) is 45.3 Å². The molecule has 4 heteroatoms. The van der Waals surface area contributed by atoms with E-state index in [0.717, 1.165) is 25.2 Å². The number of carbonyl (C=O) groups excluding carboxylic acids is 1. The summed E-state index contributed by atoms with van der Waals surface area (Å²) in [5.74, 6) is -0.364. The van der Waals surface area contributed by atoms with Crippen LogP contribution in [0, 0.1) is 0 Å². The third-order valence-electron chi connectivity index (χ3n) is 4.07. The van der Waals surface area contributed by atoms with E-state index < -0.39 is 0 Å². The lowest BCUT2D eigenvalue weighted by Crippen LogP contribution is -2.44. The highest BCUT2D eigenvalue weighted by molar-refractivity contribution is 5.92. The highest BCUT2D eigenvalue weighted by atomic mass is 16.1. The van der Waals surface area contributed by atoms with Crippen LogP contribution in [0.4, 0.5) is 0 Å². The van der Waals surface area contributed by atoms with Crippen LogP contribution in [-0.4, -0.2) is 36.0 Å². The number of rotatable bonds is 5. The second-order valence-corrected chi connectivity index (χ2v) is 5.85. The number of nitrogens with zero attached hydrogens (tertiary/aromatic N) is 1. The van der Waals surface area contributed by atoms with Gasteiger partial charge in [0.25, 0.3) is 0 Å². The molecule has 20 heavy (non-hydrogen) atoms. The Morgan fingerprint density at radius 3 is 2.70 bits per heavy atom. The number of hydrogen-bond donors (Lipinski definition) is 2. The van der Waals surface area contributed by atoms with Gasteiger partial charge in [-0.3, -0.25) is 4.79 Å². The minimum atomic E-state index is -0.364. The lowest BCUT2D eigenvalue weighted by Gasteiger charge is -2.35. The number of amides is 1. The van der Waals surface area contributed by atoms with E-state index in [0.29, 0.717) is 17.6 Å². The van der Waals surface area contributed by atoms with Crippen LogP contribution in [0.25, 0.3) is 0 Å². The maximum Gasteiger partial charge on any atom is 0.248 e. The number of piperidine rings is 1. The van der Waals surface area contributed by atoms with Gasteiger partial charge in [-0.2, -0.15) is 0 Å². The van der Waals surface area contributed by atoms with Crippen molar-refractivity contribution in [2.24, 2.45) is 5.73 Å². The van der Waals surface area contributed by atoms with Crippen LogP contribution in [-0.2, 0) is 6.54 Å². The molecular weight excluding hydrogens is 250 g/mol. The van der Waals surface area contributed by atoms with E-state index in [1.807, 2.05) is 18.2 Å². The van der Waals surface area contributed by atoms with Crippen LogP contribution in [0.15, 0.2) is 24.3 Å². The van der Waals surface area contributed by atoms with Crippen molar-refractivity contribution in [3.8, 4) is 0 Å².